The van der Waals surface area contributed by atoms with Gasteiger partial charge in [0.05, 0.1) is 0 Å². The molecule has 2 aliphatic rings. The van der Waals surface area contributed by atoms with Gasteiger partial charge in [0, 0.05) is 30.9 Å². The van der Waals surface area contributed by atoms with Crippen molar-refractivity contribution in [2.24, 2.45) is 5.92 Å². The predicted molar refractivity (Wildman–Crippen MR) is 81.5 cm³/mol. The van der Waals surface area contributed by atoms with Gasteiger partial charge in [0.15, 0.2) is 0 Å². The van der Waals surface area contributed by atoms with Crippen LogP contribution >= 0.6 is 0 Å². The maximum Gasteiger partial charge on any atom is 0.123 e. The molecule has 3 rings (SSSR count). The van der Waals surface area contributed by atoms with E-state index in [0.29, 0.717) is 23.8 Å². The largest absolute Gasteiger partial charge is 0.384 e. The zero-order valence-corrected chi connectivity index (χ0v) is 11.9. The van der Waals surface area contributed by atoms with Crippen LogP contribution in [0.4, 0.5) is 5.82 Å². The van der Waals surface area contributed by atoms with Crippen molar-refractivity contribution in [1.29, 1.82) is 0 Å². The average molecular weight is 275 g/mol. The number of aromatic nitrogens is 1. The number of nitrogen functional groups attached to an aromatic ring is 1. The van der Waals surface area contributed by atoms with E-state index in [-0.39, 0.29) is 0 Å². The molecule has 0 radical (unpaired) electrons. The summed E-state index contributed by atoms with van der Waals surface area (Å²) in [5, 5.41) is 10.8. The summed E-state index contributed by atoms with van der Waals surface area (Å²) in [4.78, 5) is 4.42. The van der Waals surface area contributed by atoms with E-state index in [0.717, 1.165) is 31.7 Å². The van der Waals surface area contributed by atoms with Crippen LogP contribution in [0.15, 0.2) is 18.2 Å². The lowest BCUT2D eigenvalue weighted by Crippen LogP contribution is -2.43. The van der Waals surface area contributed by atoms with Gasteiger partial charge in [0.2, 0.25) is 0 Å². The summed E-state index contributed by atoms with van der Waals surface area (Å²) in [5.41, 5.74) is 6.86. The second kappa shape index (κ2) is 6.52. The molecule has 3 heterocycles. The van der Waals surface area contributed by atoms with Crippen LogP contribution in [0.1, 0.15) is 18.5 Å². The Kier molecular flexibility index (Phi) is 4.50. The number of hydrogen-bond donors (Lipinski definition) is 4. The molecule has 5 nitrogen and oxygen atoms in total. The van der Waals surface area contributed by atoms with E-state index in [1.54, 1.807) is 0 Å². The molecule has 2 aliphatic heterocycles. The average Bonchev–Trinajstić information content (AvgIpc) is 3.08. The third kappa shape index (κ3) is 3.48. The minimum Gasteiger partial charge on any atom is -0.384 e. The van der Waals surface area contributed by atoms with Gasteiger partial charge in [-0.25, -0.2) is 4.98 Å². The van der Waals surface area contributed by atoms with Crippen LogP contribution < -0.4 is 21.7 Å². The van der Waals surface area contributed by atoms with Gasteiger partial charge in [-0.3, -0.25) is 0 Å². The minimum absolute atomic E-state index is 0.542. The van der Waals surface area contributed by atoms with Crippen LogP contribution in [0.25, 0.3) is 0 Å². The summed E-state index contributed by atoms with van der Waals surface area (Å²) < 4.78 is 0. The molecule has 2 fully saturated rings. The topological polar surface area (TPSA) is 75.0 Å². The van der Waals surface area contributed by atoms with E-state index in [9.17, 15) is 0 Å². The van der Waals surface area contributed by atoms with Gasteiger partial charge in [0.25, 0.3) is 0 Å². The molecule has 1 aromatic heterocycles. The molecule has 0 aliphatic carbocycles. The van der Waals surface area contributed by atoms with E-state index in [1.165, 1.54) is 19.4 Å². The fourth-order valence-electron chi connectivity index (χ4n) is 3.29. The monoisotopic (exact) mass is 275 g/mol. The summed E-state index contributed by atoms with van der Waals surface area (Å²) in [6.45, 7) is 4.37. The Morgan fingerprint density at radius 2 is 2.30 bits per heavy atom. The van der Waals surface area contributed by atoms with Crippen LogP contribution in [-0.4, -0.2) is 43.2 Å². The molecule has 0 saturated carbocycles. The third-order valence-electron chi connectivity index (χ3n) is 4.43. The number of nitrogens with one attached hydrogen (secondary N) is 3. The van der Waals surface area contributed by atoms with Gasteiger partial charge >= 0.3 is 0 Å². The first-order valence-corrected chi connectivity index (χ1v) is 7.70. The van der Waals surface area contributed by atoms with Crippen molar-refractivity contribution < 1.29 is 0 Å². The Morgan fingerprint density at radius 3 is 3.10 bits per heavy atom. The van der Waals surface area contributed by atoms with Crippen molar-refractivity contribution in [3.05, 3.63) is 23.9 Å². The van der Waals surface area contributed by atoms with E-state index >= 15 is 0 Å². The third-order valence-corrected chi connectivity index (χ3v) is 4.43. The quantitative estimate of drug-likeness (QED) is 0.615. The lowest BCUT2D eigenvalue weighted by molar-refractivity contribution is 0.399. The molecule has 20 heavy (non-hydrogen) atoms. The molecular formula is C15H25N5. The summed E-state index contributed by atoms with van der Waals surface area (Å²) in [7, 11) is 0. The van der Waals surface area contributed by atoms with Gasteiger partial charge in [-0.05, 0) is 50.4 Å². The number of nitrogens with two attached hydrogens (primary N) is 1. The normalized spacial score (nSPS) is 29.9. The van der Waals surface area contributed by atoms with Crippen LogP contribution in [0.2, 0.25) is 0 Å². The summed E-state index contributed by atoms with van der Waals surface area (Å²) in [5.74, 6) is 1.22. The highest BCUT2D eigenvalue weighted by Crippen LogP contribution is 2.16. The molecule has 0 spiro atoms. The molecule has 1 aromatic rings. The molecule has 0 amide bonds. The Labute approximate surface area is 120 Å². The van der Waals surface area contributed by atoms with E-state index in [2.05, 4.69) is 27.0 Å². The predicted octanol–water partition coefficient (Wildman–Crippen LogP) is 0.136. The molecule has 0 bridgehead atoms. The van der Waals surface area contributed by atoms with Gasteiger partial charge in [-0.15, -0.1) is 0 Å². The van der Waals surface area contributed by atoms with E-state index < -0.39 is 0 Å². The van der Waals surface area contributed by atoms with E-state index in [1.807, 2.05) is 12.1 Å². The summed E-state index contributed by atoms with van der Waals surface area (Å²) in [6, 6.07) is 7.11. The van der Waals surface area contributed by atoms with Crippen molar-refractivity contribution >= 4 is 5.82 Å². The van der Waals surface area contributed by atoms with Gasteiger partial charge < -0.3 is 21.7 Å². The Morgan fingerprint density at radius 1 is 1.35 bits per heavy atom. The maximum atomic E-state index is 5.76. The Balaban J connectivity index is 1.52. The van der Waals surface area contributed by atoms with Crippen molar-refractivity contribution in [2.45, 2.75) is 31.3 Å². The highest BCUT2D eigenvalue weighted by molar-refractivity contribution is 5.29. The molecule has 3 atom stereocenters. The lowest BCUT2D eigenvalue weighted by Gasteiger charge is -2.22. The zero-order chi connectivity index (χ0) is 13.8. The van der Waals surface area contributed by atoms with Gasteiger partial charge in [-0.1, -0.05) is 6.07 Å². The number of pyridine rings is 1. The Bertz CT molecular complexity index is 430. The van der Waals surface area contributed by atoms with Gasteiger partial charge in [0.1, 0.15) is 5.82 Å². The standard InChI is InChI=1S/C15H25N5/c16-15-5-1-3-12(20-15)7-11-8-17-10-14(11)19-9-13-4-2-6-18-13/h1,3,5,11,13-14,17-19H,2,4,6-10H2,(H2,16,20)/t11-,13-,14-/m0/s1. The first-order valence-electron chi connectivity index (χ1n) is 7.70. The summed E-state index contributed by atoms with van der Waals surface area (Å²) >= 11 is 0. The first kappa shape index (κ1) is 13.8. The Hall–Kier alpha value is -1.17. The molecule has 5 heteroatoms. The second-order valence-corrected chi connectivity index (χ2v) is 5.98. The summed E-state index contributed by atoms with van der Waals surface area (Å²) in [6.07, 6.45) is 3.61. The van der Waals surface area contributed by atoms with Crippen molar-refractivity contribution in [1.82, 2.24) is 20.9 Å². The van der Waals surface area contributed by atoms with Crippen LogP contribution in [0, 0.1) is 5.92 Å². The van der Waals surface area contributed by atoms with Crippen molar-refractivity contribution in [3.63, 3.8) is 0 Å². The van der Waals surface area contributed by atoms with Gasteiger partial charge in [-0.2, -0.15) is 0 Å². The molecule has 0 unspecified atom stereocenters. The molecule has 110 valence electrons. The SMILES string of the molecule is Nc1cccc(C[C@H]2CNC[C@@H]2NC[C@@H]2CCCN2)n1. The fourth-order valence-corrected chi connectivity index (χ4v) is 3.29. The fraction of sp³-hybridized carbons (Fsp3) is 0.667. The van der Waals surface area contributed by atoms with Crippen LogP contribution in [0.5, 0.6) is 0 Å². The highest BCUT2D eigenvalue weighted by atomic mass is 15.1. The van der Waals surface area contributed by atoms with Crippen LogP contribution in [0.3, 0.4) is 0 Å². The number of rotatable bonds is 5. The lowest BCUT2D eigenvalue weighted by atomic mass is 9.97. The molecule has 0 aromatic carbocycles. The number of hydrogen-bond acceptors (Lipinski definition) is 5. The number of anilines is 1. The molecule has 5 N–H and O–H groups in total. The first-order chi connectivity index (χ1) is 9.81. The smallest absolute Gasteiger partial charge is 0.123 e. The molecule has 2 saturated heterocycles. The minimum atomic E-state index is 0.542. The number of nitrogens with zero attached hydrogens (tertiary/aromatic N) is 1. The molecular weight excluding hydrogens is 250 g/mol. The van der Waals surface area contributed by atoms with Crippen LogP contribution in [-0.2, 0) is 6.42 Å². The zero-order valence-electron chi connectivity index (χ0n) is 11.9. The highest BCUT2D eigenvalue weighted by Gasteiger charge is 2.28. The maximum absolute atomic E-state index is 5.76. The van der Waals surface area contributed by atoms with E-state index in [4.69, 9.17) is 5.73 Å². The second-order valence-electron chi connectivity index (χ2n) is 5.98. The van der Waals surface area contributed by atoms with Crippen molar-refractivity contribution in [3.8, 4) is 0 Å². The van der Waals surface area contributed by atoms with Crippen molar-refractivity contribution in [2.75, 3.05) is 31.9 Å².